The summed E-state index contributed by atoms with van der Waals surface area (Å²) in [5.74, 6) is 0. The van der Waals surface area contributed by atoms with E-state index < -0.39 is 11.7 Å². The number of rotatable bonds is 1. The van der Waals surface area contributed by atoms with E-state index in [-0.39, 0.29) is 6.04 Å². The van der Waals surface area contributed by atoms with Crippen LogP contribution in [-0.2, 0) is 0 Å². The van der Waals surface area contributed by atoms with Gasteiger partial charge in [0.2, 0.25) is 0 Å². The highest BCUT2D eigenvalue weighted by Crippen LogP contribution is 2.33. The predicted molar refractivity (Wildman–Crippen MR) is 67.1 cm³/mol. The van der Waals surface area contributed by atoms with Gasteiger partial charge in [-0.2, -0.15) is 0 Å². The van der Waals surface area contributed by atoms with E-state index in [9.17, 15) is 10.2 Å². The van der Waals surface area contributed by atoms with E-state index in [0.29, 0.717) is 0 Å². The van der Waals surface area contributed by atoms with Crippen molar-refractivity contribution >= 4 is 11.0 Å². The second-order valence-electron chi connectivity index (χ2n) is 4.94. The minimum atomic E-state index is -1.19. The Morgan fingerprint density at radius 1 is 1.39 bits per heavy atom. The van der Waals surface area contributed by atoms with Crippen LogP contribution in [0, 0.1) is 6.92 Å². The van der Waals surface area contributed by atoms with Crippen molar-refractivity contribution in [2.45, 2.75) is 31.6 Å². The summed E-state index contributed by atoms with van der Waals surface area (Å²) in [6, 6.07) is 1.63. The smallest absolute Gasteiger partial charge is 0.144 e. The molecule has 0 saturated carbocycles. The van der Waals surface area contributed by atoms with Crippen molar-refractivity contribution in [3.05, 3.63) is 36.4 Å². The Kier molecular flexibility index (Phi) is 2.30. The molecular formula is C13H15N3O2. The number of nitrogens with zero attached hydrogens (tertiary/aromatic N) is 3. The van der Waals surface area contributed by atoms with Gasteiger partial charge in [0.1, 0.15) is 23.7 Å². The third-order valence-electron chi connectivity index (χ3n) is 3.58. The molecule has 0 aliphatic heterocycles. The molecule has 1 aliphatic rings. The van der Waals surface area contributed by atoms with Crippen LogP contribution in [0.4, 0.5) is 0 Å². The molecule has 2 N–H and O–H groups in total. The summed E-state index contributed by atoms with van der Waals surface area (Å²) < 4.78 is 1.87. The molecule has 0 fully saturated rings. The van der Waals surface area contributed by atoms with Gasteiger partial charge < -0.3 is 14.8 Å². The van der Waals surface area contributed by atoms with Crippen molar-refractivity contribution in [3.63, 3.8) is 0 Å². The van der Waals surface area contributed by atoms with Crippen LogP contribution >= 0.6 is 0 Å². The van der Waals surface area contributed by atoms with Gasteiger partial charge in [-0.3, -0.25) is 0 Å². The zero-order chi connectivity index (χ0) is 12.9. The van der Waals surface area contributed by atoms with Gasteiger partial charge in [0.25, 0.3) is 0 Å². The molecule has 5 heteroatoms. The van der Waals surface area contributed by atoms with E-state index in [2.05, 4.69) is 9.97 Å². The highest BCUT2D eigenvalue weighted by molar-refractivity contribution is 5.78. The van der Waals surface area contributed by atoms with Crippen LogP contribution in [0.15, 0.2) is 30.7 Å². The molecule has 3 rings (SSSR count). The fourth-order valence-corrected chi connectivity index (χ4v) is 2.43. The molecule has 2 aromatic rings. The topological polar surface area (TPSA) is 71.2 Å². The Hall–Kier alpha value is -1.72. The summed E-state index contributed by atoms with van der Waals surface area (Å²) >= 11 is 0. The first kappa shape index (κ1) is 11.4. The van der Waals surface area contributed by atoms with E-state index in [1.165, 1.54) is 6.33 Å². The van der Waals surface area contributed by atoms with E-state index in [4.69, 9.17) is 0 Å². The second-order valence-corrected chi connectivity index (χ2v) is 4.94. The molecule has 2 aromatic heterocycles. The van der Waals surface area contributed by atoms with E-state index in [1.807, 2.05) is 29.8 Å². The summed E-state index contributed by atoms with van der Waals surface area (Å²) in [5.41, 5.74) is 0.486. The van der Waals surface area contributed by atoms with Crippen LogP contribution in [-0.4, -0.2) is 36.5 Å². The number of aryl methyl sites for hydroxylation is 1. The number of hydrogen-bond acceptors (Lipinski definition) is 4. The second kappa shape index (κ2) is 3.63. The quantitative estimate of drug-likeness (QED) is 0.734. The number of fused-ring (bicyclic) bond motifs is 1. The summed E-state index contributed by atoms with van der Waals surface area (Å²) in [6.45, 7) is 3.52. The number of aliphatic hydroxyl groups excluding tert-OH is 1. The molecule has 18 heavy (non-hydrogen) atoms. The largest absolute Gasteiger partial charge is 0.387 e. The van der Waals surface area contributed by atoms with Gasteiger partial charge in [0, 0.05) is 11.6 Å². The molecule has 0 bridgehead atoms. The van der Waals surface area contributed by atoms with Gasteiger partial charge in [0.15, 0.2) is 0 Å². The molecule has 94 valence electrons. The first-order chi connectivity index (χ1) is 8.50. The summed E-state index contributed by atoms with van der Waals surface area (Å²) in [5, 5.41) is 21.1. The van der Waals surface area contributed by atoms with Gasteiger partial charge in [-0.05, 0) is 19.9 Å². The van der Waals surface area contributed by atoms with Crippen molar-refractivity contribution in [3.8, 4) is 0 Å². The standard InChI is InChI=1S/C13H15N3O2/c1-8-9-4-6-16(12(9)15-7-14-8)10-3-5-13(2,18)11(10)17/h3-7,10-11,17-18H,1-2H3. The highest BCUT2D eigenvalue weighted by atomic mass is 16.3. The third-order valence-corrected chi connectivity index (χ3v) is 3.58. The minimum absolute atomic E-state index is 0.299. The molecule has 0 saturated heterocycles. The normalized spacial score (nSPS) is 31.3. The maximum Gasteiger partial charge on any atom is 0.144 e. The average Bonchev–Trinajstić information content (AvgIpc) is 2.84. The fraction of sp³-hybridized carbons (Fsp3) is 0.385. The average molecular weight is 245 g/mol. The van der Waals surface area contributed by atoms with Crippen LogP contribution in [0.1, 0.15) is 18.7 Å². The lowest BCUT2D eigenvalue weighted by atomic mass is 10.0. The van der Waals surface area contributed by atoms with Crippen LogP contribution in [0.2, 0.25) is 0 Å². The molecule has 3 atom stereocenters. The Bertz CT molecular complexity index is 630. The van der Waals surface area contributed by atoms with Crippen LogP contribution in [0.5, 0.6) is 0 Å². The van der Waals surface area contributed by atoms with E-state index in [0.717, 1.165) is 16.7 Å². The van der Waals surface area contributed by atoms with Crippen molar-refractivity contribution < 1.29 is 10.2 Å². The summed E-state index contributed by atoms with van der Waals surface area (Å²) in [7, 11) is 0. The predicted octanol–water partition coefficient (Wildman–Crippen LogP) is 0.963. The van der Waals surface area contributed by atoms with E-state index >= 15 is 0 Å². The Balaban J connectivity index is 2.12. The third kappa shape index (κ3) is 1.48. The Morgan fingerprint density at radius 3 is 2.83 bits per heavy atom. The molecule has 0 aromatic carbocycles. The first-order valence-corrected chi connectivity index (χ1v) is 5.88. The van der Waals surface area contributed by atoms with Gasteiger partial charge in [-0.1, -0.05) is 12.2 Å². The fourth-order valence-electron chi connectivity index (χ4n) is 2.43. The lowest BCUT2D eigenvalue weighted by Gasteiger charge is -2.25. The van der Waals surface area contributed by atoms with Crippen molar-refractivity contribution in [1.82, 2.24) is 14.5 Å². The van der Waals surface area contributed by atoms with Crippen LogP contribution in [0.25, 0.3) is 11.0 Å². The zero-order valence-corrected chi connectivity index (χ0v) is 10.3. The van der Waals surface area contributed by atoms with Gasteiger partial charge in [-0.25, -0.2) is 9.97 Å². The first-order valence-electron chi connectivity index (χ1n) is 5.88. The highest BCUT2D eigenvalue weighted by Gasteiger charge is 2.39. The molecule has 3 unspecified atom stereocenters. The number of aliphatic hydroxyl groups is 2. The molecule has 0 radical (unpaired) electrons. The Morgan fingerprint density at radius 2 is 2.17 bits per heavy atom. The molecule has 0 spiro atoms. The van der Waals surface area contributed by atoms with Crippen molar-refractivity contribution in [1.29, 1.82) is 0 Å². The van der Waals surface area contributed by atoms with Gasteiger partial charge in [0.05, 0.1) is 11.7 Å². The monoisotopic (exact) mass is 245 g/mol. The van der Waals surface area contributed by atoms with Crippen LogP contribution < -0.4 is 0 Å². The molecule has 1 aliphatic carbocycles. The van der Waals surface area contributed by atoms with Crippen molar-refractivity contribution in [2.24, 2.45) is 0 Å². The van der Waals surface area contributed by atoms with Crippen LogP contribution in [0.3, 0.4) is 0 Å². The van der Waals surface area contributed by atoms with E-state index in [1.54, 1.807) is 13.0 Å². The molecule has 2 heterocycles. The lowest BCUT2D eigenvalue weighted by Crippen LogP contribution is -2.38. The lowest BCUT2D eigenvalue weighted by molar-refractivity contribution is -0.0314. The Labute approximate surface area is 104 Å². The molecule has 0 amide bonds. The van der Waals surface area contributed by atoms with Gasteiger partial charge in [-0.15, -0.1) is 0 Å². The summed E-state index contributed by atoms with van der Waals surface area (Å²) in [4.78, 5) is 8.39. The van der Waals surface area contributed by atoms with Crippen molar-refractivity contribution in [2.75, 3.05) is 0 Å². The number of aromatic nitrogens is 3. The zero-order valence-electron chi connectivity index (χ0n) is 10.3. The number of hydrogen-bond donors (Lipinski definition) is 2. The minimum Gasteiger partial charge on any atom is -0.387 e. The summed E-state index contributed by atoms with van der Waals surface area (Å²) in [6.07, 6.45) is 5.94. The maximum atomic E-state index is 10.1. The SMILES string of the molecule is Cc1ncnc2c1ccn2C1C=CC(C)(O)C1O. The maximum absolute atomic E-state index is 10.1. The van der Waals surface area contributed by atoms with Gasteiger partial charge >= 0.3 is 0 Å². The molecular weight excluding hydrogens is 230 g/mol. The molecule has 5 nitrogen and oxygen atoms in total.